The standard InChI is InChI=1S/C12H19F2N3O2/c1-2-16(5-3-4-15)11(19)7-17-9-12(13,14)6-10(17)8-18/h10,18H,2-3,5-9H2,1H3. The lowest BCUT2D eigenvalue weighted by atomic mass is 10.2. The van der Waals surface area contributed by atoms with Gasteiger partial charge in [0.05, 0.1) is 32.2 Å². The van der Waals surface area contributed by atoms with Gasteiger partial charge in [0.25, 0.3) is 5.92 Å². The number of carbonyl (C=O) groups is 1. The van der Waals surface area contributed by atoms with E-state index in [2.05, 4.69) is 0 Å². The number of halogens is 2. The summed E-state index contributed by atoms with van der Waals surface area (Å²) in [5.74, 6) is -3.13. The van der Waals surface area contributed by atoms with E-state index in [1.165, 1.54) is 9.80 Å². The van der Waals surface area contributed by atoms with Gasteiger partial charge in [-0.3, -0.25) is 9.69 Å². The Bertz CT molecular complexity index is 357. The molecule has 1 aliphatic rings. The molecule has 1 heterocycles. The van der Waals surface area contributed by atoms with E-state index < -0.39 is 24.9 Å². The second kappa shape index (κ2) is 6.78. The van der Waals surface area contributed by atoms with E-state index in [1.54, 1.807) is 6.92 Å². The van der Waals surface area contributed by atoms with Crippen LogP contribution in [-0.2, 0) is 4.79 Å². The third-order valence-electron chi connectivity index (χ3n) is 3.26. The van der Waals surface area contributed by atoms with Crippen LogP contribution in [0.1, 0.15) is 19.8 Å². The summed E-state index contributed by atoms with van der Waals surface area (Å²) in [4.78, 5) is 14.7. The lowest BCUT2D eigenvalue weighted by molar-refractivity contribution is -0.132. The summed E-state index contributed by atoms with van der Waals surface area (Å²) < 4.78 is 26.5. The average molecular weight is 275 g/mol. The first kappa shape index (κ1) is 15.8. The maximum atomic E-state index is 13.2. The summed E-state index contributed by atoms with van der Waals surface area (Å²) in [5.41, 5.74) is 0. The minimum absolute atomic E-state index is 0.139. The lowest BCUT2D eigenvalue weighted by Crippen LogP contribution is -2.43. The van der Waals surface area contributed by atoms with E-state index in [9.17, 15) is 13.6 Å². The lowest BCUT2D eigenvalue weighted by Gasteiger charge is -2.26. The summed E-state index contributed by atoms with van der Waals surface area (Å²) in [6, 6.07) is 1.27. The molecule has 1 rings (SSSR count). The summed E-state index contributed by atoms with van der Waals surface area (Å²) in [5, 5.41) is 17.6. The topological polar surface area (TPSA) is 67.6 Å². The van der Waals surface area contributed by atoms with Gasteiger partial charge in [0.2, 0.25) is 5.91 Å². The van der Waals surface area contributed by atoms with Gasteiger partial charge >= 0.3 is 0 Å². The van der Waals surface area contributed by atoms with Crippen LogP contribution < -0.4 is 0 Å². The van der Waals surface area contributed by atoms with E-state index in [4.69, 9.17) is 10.4 Å². The molecule has 19 heavy (non-hydrogen) atoms. The Morgan fingerprint density at radius 3 is 2.84 bits per heavy atom. The zero-order valence-corrected chi connectivity index (χ0v) is 11.0. The molecule has 1 amide bonds. The first-order chi connectivity index (χ1) is 8.93. The van der Waals surface area contributed by atoms with Crippen LogP contribution in [0.2, 0.25) is 0 Å². The Balaban J connectivity index is 2.57. The van der Waals surface area contributed by atoms with Gasteiger partial charge in [-0.15, -0.1) is 0 Å². The number of likely N-dealkylation sites (tertiary alicyclic amines) is 1. The third-order valence-corrected chi connectivity index (χ3v) is 3.26. The predicted molar refractivity (Wildman–Crippen MR) is 64.5 cm³/mol. The predicted octanol–water partition coefficient (Wildman–Crippen LogP) is 0.450. The second-order valence-electron chi connectivity index (χ2n) is 4.68. The molecule has 108 valence electrons. The summed E-state index contributed by atoms with van der Waals surface area (Å²) in [6.07, 6.45) is -0.194. The van der Waals surface area contributed by atoms with Crippen molar-refractivity contribution in [2.45, 2.75) is 31.7 Å². The number of aliphatic hydroxyl groups excluding tert-OH is 1. The molecule has 1 aliphatic heterocycles. The zero-order valence-electron chi connectivity index (χ0n) is 11.0. The van der Waals surface area contributed by atoms with Crippen molar-refractivity contribution in [3.8, 4) is 6.07 Å². The third kappa shape index (κ3) is 4.40. The molecule has 0 aromatic carbocycles. The molecule has 1 N–H and O–H groups in total. The molecule has 0 aromatic rings. The van der Waals surface area contributed by atoms with Crippen molar-refractivity contribution in [2.75, 3.05) is 32.8 Å². The largest absolute Gasteiger partial charge is 0.395 e. The Labute approximate surface area is 111 Å². The van der Waals surface area contributed by atoms with Gasteiger partial charge in [-0.2, -0.15) is 5.26 Å². The number of nitrogens with zero attached hydrogens (tertiary/aromatic N) is 3. The van der Waals surface area contributed by atoms with Gasteiger partial charge in [0.1, 0.15) is 0 Å². The molecule has 0 spiro atoms. The van der Waals surface area contributed by atoms with Crippen LogP contribution in [0.5, 0.6) is 0 Å². The Morgan fingerprint density at radius 2 is 2.32 bits per heavy atom. The molecule has 0 aliphatic carbocycles. The Morgan fingerprint density at radius 1 is 1.63 bits per heavy atom. The van der Waals surface area contributed by atoms with Gasteiger partial charge in [-0.25, -0.2) is 8.78 Å². The van der Waals surface area contributed by atoms with Gasteiger partial charge in [0.15, 0.2) is 0 Å². The number of aliphatic hydroxyl groups is 1. The van der Waals surface area contributed by atoms with Crippen LogP contribution in [0.15, 0.2) is 0 Å². The van der Waals surface area contributed by atoms with Crippen molar-refractivity contribution < 1.29 is 18.7 Å². The van der Waals surface area contributed by atoms with E-state index in [-0.39, 0.29) is 25.5 Å². The van der Waals surface area contributed by atoms with Crippen LogP contribution in [0.4, 0.5) is 8.78 Å². The molecule has 1 saturated heterocycles. The average Bonchev–Trinajstić information content (AvgIpc) is 2.64. The number of nitriles is 1. The molecule has 5 nitrogen and oxygen atoms in total. The summed E-state index contributed by atoms with van der Waals surface area (Å²) in [7, 11) is 0. The van der Waals surface area contributed by atoms with Gasteiger partial charge < -0.3 is 10.0 Å². The van der Waals surface area contributed by atoms with E-state index >= 15 is 0 Å². The zero-order chi connectivity index (χ0) is 14.5. The van der Waals surface area contributed by atoms with Crippen molar-refractivity contribution >= 4 is 5.91 Å². The SMILES string of the molecule is CCN(CCC#N)C(=O)CN1CC(F)(F)CC1CO. The van der Waals surface area contributed by atoms with Gasteiger partial charge in [-0.05, 0) is 6.92 Å². The summed E-state index contributed by atoms with van der Waals surface area (Å²) >= 11 is 0. The van der Waals surface area contributed by atoms with Crippen LogP contribution in [0.3, 0.4) is 0 Å². The van der Waals surface area contributed by atoms with Crippen molar-refractivity contribution in [1.82, 2.24) is 9.80 Å². The van der Waals surface area contributed by atoms with E-state index in [0.29, 0.717) is 13.1 Å². The van der Waals surface area contributed by atoms with Crippen molar-refractivity contribution in [1.29, 1.82) is 5.26 Å². The number of amides is 1. The highest BCUT2D eigenvalue weighted by atomic mass is 19.3. The minimum Gasteiger partial charge on any atom is -0.395 e. The first-order valence-corrected chi connectivity index (χ1v) is 6.31. The monoisotopic (exact) mass is 275 g/mol. The maximum absolute atomic E-state index is 13.2. The smallest absolute Gasteiger partial charge is 0.262 e. The molecule has 0 radical (unpaired) electrons. The van der Waals surface area contributed by atoms with Crippen LogP contribution in [0, 0.1) is 11.3 Å². The van der Waals surface area contributed by atoms with Gasteiger partial charge in [-0.1, -0.05) is 0 Å². The highest BCUT2D eigenvalue weighted by molar-refractivity contribution is 5.78. The molecule has 0 bridgehead atoms. The quantitative estimate of drug-likeness (QED) is 0.764. The molecule has 1 unspecified atom stereocenters. The fourth-order valence-electron chi connectivity index (χ4n) is 2.25. The maximum Gasteiger partial charge on any atom is 0.262 e. The first-order valence-electron chi connectivity index (χ1n) is 6.31. The van der Waals surface area contributed by atoms with Crippen molar-refractivity contribution in [2.24, 2.45) is 0 Å². The fraction of sp³-hybridized carbons (Fsp3) is 0.833. The fourth-order valence-corrected chi connectivity index (χ4v) is 2.25. The number of rotatable bonds is 6. The summed E-state index contributed by atoms with van der Waals surface area (Å²) in [6.45, 7) is 1.50. The van der Waals surface area contributed by atoms with Gasteiger partial charge in [0, 0.05) is 25.6 Å². The van der Waals surface area contributed by atoms with Crippen LogP contribution in [-0.4, -0.2) is 65.6 Å². The van der Waals surface area contributed by atoms with E-state index in [1.807, 2.05) is 6.07 Å². The Kier molecular flexibility index (Phi) is 5.63. The number of alkyl halides is 2. The molecule has 7 heteroatoms. The van der Waals surface area contributed by atoms with Crippen molar-refractivity contribution in [3.63, 3.8) is 0 Å². The minimum atomic E-state index is -2.85. The normalized spacial score (nSPS) is 22.2. The van der Waals surface area contributed by atoms with Crippen LogP contribution >= 0.6 is 0 Å². The van der Waals surface area contributed by atoms with E-state index in [0.717, 1.165) is 0 Å². The Hall–Kier alpha value is -1.26. The number of hydrogen-bond acceptors (Lipinski definition) is 4. The number of likely N-dealkylation sites (N-methyl/N-ethyl adjacent to an activating group) is 1. The molecular weight excluding hydrogens is 256 g/mol. The highest BCUT2D eigenvalue weighted by Gasteiger charge is 2.45. The van der Waals surface area contributed by atoms with Crippen LogP contribution in [0.25, 0.3) is 0 Å². The number of hydrogen-bond donors (Lipinski definition) is 1. The molecule has 1 atom stereocenters. The molecular formula is C12H19F2N3O2. The molecule has 1 fully saturated rings. The van der Waals surface area contributed by atoms with Crippen molar-refractivity contribution in [3.05, 3.63) is 0 Å². The molecule has 0 aromatic heterocycles. The molecule has 0 saturated carbocycles. The second-order valence-corrected chi connectivity index (χ2v) is 4.68. The number of carbonyl (C=O) groups excluding carboxylic acids is 1. The highest BCUT2D eigenvalue weighted by Crippen LogP contribution is 2.31.